The van der Waals surface area contributed by atoms with Crippen molar-refractivity contribution >= 4 is 38.2 Å². The van der Waals surface area contributed by atoms with E-state index in [1.807, 2.05) is 117 Å². The minimum Gasteiger partial charge on any atom is -0.405 e. The predicted molar refractivity (Wildman–Crippen MR) is 367 cm³/mol. The minimum absolute atomic E-state index is 0. The highest BCUT2D eigenvalue weighted by Crippen LogP contribution is 2.44. The van der Waals surface area contributed by atoms with Crippen molar-refractivity contribution in [1.29, 1.82) is 0 Å². The standard InChI is InChI=1S/C34H31BN2O2.C28H19ClN2.C12H24B2O4.CH4/c1-33(2)34(3,4)39-35(38-33)32-20-30(26-11-5-9-24(17-26)28-13-7-15-36-22-28)19-31(21-32)27-12-6-10-25(18-27)29-14-8-16-37-23-29;29-28-16-26(22-7-1-5-20(13-22)24-9-3-11-30-18-24)15-27(17-28)23-8-2-6-21(14-23)25-10-4-12-31-19-25;1-9(2)10(3,4)16-13(15-9)14-17-11(5,6)12(7,8)18-14;/h5-23H,1-4H3;1-19H;1-8H3;1H4. The summed E-state index contributed by atoms with van der Waals surface area (Å²) in [5.41, 5.74) is 16.5. The first-order valence-electron chi connectivity index (χ1n) is 30.0. The summed E-state index contributed by atoms with van der Waals surface area (Å²) >= 11 is 6.54. The Kier molecular flexibility index (Phi) is 18.7. The molecule has 7 heterocycles. The molecule has 0 bridgehead atoms. The lowest BCUT2D eigenvalue weighted by molar-refractivity contribution is 0.00578. The molecule has 0 atom stereocenters. The van der Waals surface area contributed by atoms with E-state index in [1.54, 1.807) is 24.8 Å². The van der Waals surface area contributed by atoms with Crippen LogP contribution in [0.25, 0.3) is 89.0 Å². The van der Waals surface area contributed by atoms with Gasteiger partial charge in [-0.25, -0.2) is 0 Å². The van der Waals surface area contributed by atoms with Crippen LogP contribution in [0.15, 0.2) is 232 Å². The second-order valence-corrected chi connectivity index (χ2v) is 26.1. The number of nitrogens with zero attached hydrogens (tertiary/aromatic N) is 4. The summed E-state index contributed by atoms with van der Waals surface area (Å²) in [5.74, 6) is 0. The molecule has 0 spiro atoms. The number of aromatic nitrogens is 4. The van der Waals surface area contributed by atoms with E-state index in [-0.39, 0.29) is 29.8 Å². The van der Waals surface area contributed by atoms with E-state index in [0.29, 0.717) is 5.02 Å². The Balaban J connectivity index is 0.000000156. The molecule has 10 nitrogen and oxygen atoms in total. The number of rotatable bonds is 10. The average Bonchev–Trinajstić information content (AvgIpc) is 2.32. The maximum absolute atomic E-state index is 6.54. The smallest absolute Gasteiger partial charge is 0.405 e. The largest absolute Gasteiger partial charge is 0.494 e. The third kappa shape index (κ3) is 14.3. The zero-order valence-corrected chi connectivity index (χ0v) is 53.0. The van der Waals surface area contributed by atoms with Crippen LogP contribution in [-0.2, 0) is 27.9 Å². The number of hydrogen-bond donors (Lipinski definition) is 0. The SMILES string of the molecule is C.CC1(C)OB(B2OC(C)(C)C(C)(C)O2)OC1(C)C.CC1(C)OB(c2cc(-c3cccc(-c4cccnc4)c3)cc(-c3cccc(-c4cccnc4)c3)c2)OC1(C)C.Clc1cc(-c2cccc(-c3cccnc3)c2)cc(-c2cccc(-c3cccnc3)c2)c1. The van der Waals surface area contributed by atoms with Gasteiger partial charge in [0.1, 0.15) is 0 Å². The molecule has 0 radical (unpaired) electrons. The molecule has 89 heavy (non-hydrogen) atoms. The zero-order chi connectivity index (χ0) is 62.1. The van der Waals surface area contributed by atoms with Crippen molar-refractivity contribution < 1.29 is 27.9 Å². The Labute approximate surface area is 532 Å². The molecule has 0 unspecified atom stereocenters. The molecule has 3 aliphatic heterocycles. The molecule has 0 amide bonds. The monoisotopic (exact) mass is 1200 g/mol. The van der Waals surface area contributed by atoms with E-state index in [4.69, 9.17) is 39.5 Å². The summed E-state index contributed by atoms with van der Waals surface area (Å²) in [5, 5.41) is 0.714. The molecule has 13 rings (SSSR count). The summed E-state index contributed by atoms with van der Waals surface area (Å²) in [6.45, 7) is 24.6. The predicted octanol–water partition coefficient (Wildman–Crippen LogP) is 18.1. The van der Waals surface area contributed by atoms with Gasteiger partial charge in [-0.1, -0.05) is 128 Å². The molecular weight excluding hydrogens is 1120 g/mol. The van der Waals surface area contributed by atoms with E-state index in [1.165, 1.54) is 0 Å². The molecule has 450 valence electrons. The Bertz CT molecular complexity index is 3780. The molecule has 10 aromatic rings. The van der Waals surface area contributed by atoms with Gasteiger partial charge in [0.2, 0.25) is 0 Å². The van der Waals surface area contributed by atoms with Gasteiger partial charge < -0.3 is 27.9 Å². The quantitative estimate of drug-likeness (QED) is 0.123. The van der Waals surface area contributed by atoms with Crippen LogP contribution in [0.1, 0.15) is 90.5 Å². The topological polar surface area (TPSA) is 107 Å². The van der Waals surface area contributed by atoms with Gasteiger partial charge in [0.15, 0.2) is 0 Å². The fourth-order valence-corrected chi connectivity index (χ4v) is 10.9. The number of benzene rings is 6. The fraction of sp³-hybridized carbons (Fsp3) is 0.253. The summed E-state index contributed by atoms with van der Waals surface area (Å²) in [7, 11) is -1.41. The van der Waals surface area contributed by atoms with E-state index in [9.17, 15) is 0 Å². The fourth-order valence-electron chi connectivity index (χ4n) is 10.7. The normalized spacial score (nSPS) is 17.2. The molecule has 4 aromatic heterocycles. The second-order valence-electron chi connectivity index (χ2n) is 25.7. The van der Waals surface area contributed by atoms with Crippen LogP contribution in [-0.4, -0.2) is 74.7 Å². The first-order valence-corrected chi connectivity index (χ1v) is 30.4. The lowest BCUT2D eigenvalue weighted by atomic mass is 9.49. The van der Waals surface area contributed by atoms with E-state index in [2.05, 4.69) is 193 Å². The lowest BCUT2D eigenvalue weighted by Gasteiger charge is -2.32. The summed E-state index contributed by atoms with van der Waals surface area (Å²) in [4.78, 5) is 17.1. The Morgan fingerprint density at radius 2 is 0.483 bits per heavy atom. The van der Waals surface area contributed by atoms with Crippen molar-refractivity contribution in [2.75, 3.05) is 0 Å². The van der Waals surface area contributed by atoms with Gasteiger partial charge in [0.05, 0.1) is 33.6 Å². The van der Waals surface area contributed by atoms with Crippen LogP contribution in [0.4, 0.5) is 0 Å². The molecule has 0 aliphatic carbocycles. The molecule has 6 aromatic carbocycles. The summed E-state index contributed by atoms with van der Waals surface area (Å²) in [6.07, 6.45) is 14.7. The molecule has 0 saturated carbocycles. The molecule has 3 fully saturated rings. The second kappa shape index (κ2) is 25.9. The third-order valence-electron chi connectivity index (χ3n) is 17.9. The Morgan fingerprint density at radius 1 is 0.270 bits per heavy atom. The minimum atomic E-state index is -0.476. The highest BCUT2D eigenvalue weighted by atomic mass is 35.5. The van der Waals surface area contributed by atoms with Crippen LogP contribution in [0.3, 0.4) is 0 Å². The molecule has 0 N–H and O–H groups in total. The number of pyridine rings is 4. The maximum Gasteiger partial charge on any atom is 0.494 e. The van der Waals surface area contributed by atoms with Crippen molar-refractivity contribution in [3.05, 3.63) is 237 Å². The van der Waals surface area contributed by atoms with E-state index in [0.717, 1.165) is 94.5 Å². The Morgan fingerprint density at radius 3 is 0.730 bits per heavy atom. The van der Waals surface area contributed by atoms with Crippen LogP contribution < -0.4 is 5.46 Å². The van der Waals surface area contributed by atoms with Crippen molar-refractivity contribution in [1.82, 2.24) is 19.9 Å². The van der Waals surface area contributed by atoms with Gasteiger partial charge in [-0.15, -0.1) is 0 Å². The van der Waals surface area contributed by atoms with Crippen LogP contribution in [0, 0.1) is 0 Å². The Hall–Kier alpha value is -7.84. The first-order chi connectivity index (χ1) is 41.9. The highest BCUT2D eigenvalue weighted by Gasteiger charge is 2.64. The van der Waals surface area contributed by atoms with Crippen LogP contribution in [0.2, 0.25) is 5.02 Å². The summed E-state index contributed by atoms with van der Waals surface area (Å²) in [6, 6.07) is 63.1. The molecule has 14 heteroatoms. The number of halogens is 1. The van der Waals surface area contributed by atoms with Crippen molar-refractivity contribution in [2.24, 2.45) is 0 Å². The van der Waals surface area contributed by atoms with Crippen molar-refractivity contribution in [3.63, 3.8) is 0 Å². The molecule has 3 saturated heterocycles. The number of hydrogen-bond acceptors (Lipinski definition) is 10. The van der Waals surface area contributed by atoms with Gasteiger partial charge in [-0.2, -0.15) is 0 Å². The molecule has 3 aliphatic rings. The maximum atomic E-state index is 6.54. The van der Waals surface area contributed by atoms with E-state index < -0.39 is 32.3 Å². The summed E-state index contributed by atoms with van der Waals surface area (Å²) < 4.78 is 36.8. The van der Waals surface area contributed by atoms with Gasteiger partial charge in [-0.3, -0.25) is 19.9 Å². The van der Waals surface area contributed by atoms with Crippen LogP contribution >= 0.6 is 11.6 Å². The average molecular weight is 1200 g/mol. The van der Waals surface area contributed by atoms with Crippen molar-refractivity contribution in [3.8, 4) is 89.0 Å². The van der Waals surface area contributed by atoms with Crippen LogP contribution in [0.5, 0.6) is 0 Å². The zero-order valence-electron chi connectivity index (χ0n) is 52.3. The van der Waals surface area contributed by atoms with Gasteiger partial charge in [0, 0.05) is 76.9 Å². The first kappa shape index (κ1) is 64.2. The van der Waals surface area contributed by atoms with Gasteiger partial charge in [-0.05, 0) is 228 Å². The molecular formula is C75H78B3ClN4O6. The van der Waals surface area contributed by atoms with Gasteiger partial charge in [0.25, 0.3) is 0 Å². The van der Waals surface area contributed by atoms with E-state index >= 15 is 0 Å². The highest BCUT2D eigenvalue weighted by molar-refractivity contribution is 7.11. The van der Waals surface area contributed by atoms with Crippen molar-refractivity contribution in [2.45, 2.75) is 124 Å². The third-order valence-corrected chi connectivity index (χ3v) is 18.1. The lowest BCUT2D eigenvalue weighted by Crippen LogP contribution is -2.41. The van der Waals surface area contributed by atoms with Gasteiger partial charge >= 0.3 is 21.1 Å².